The minimum absolute atomic E-state index is 0.0732. The summed E-state index contributed by atoms with van der Waals surface area (Å²) in [5.74, 6) is -1.11. The monoisotopic (exact) mass is 316 g/mol. The fourth-order valence-corrected chi connectivity index (χ4v) is 3.66. The molecule has 3 rings (SSSR count). The number of hydrogen-bond donors (Lipinski definition) is 1. The first kappa shape index (κ1) is 15.8. The largest absolute Gasteiger partial charge is 0.481 e. The van der Waals surface area contributed by atoms with Crippen molar-refractivity contribution in [3.05, 3.63) is 29.8 Å². The molecule has 0 bridgehead atoms. The number of para-hydroxylation sites is 1. The van der Waals surface area contributed by atoms with Gasteiger partial charge in [-0.2, -0.15) is 0 Å². The molecule has 23 heavy (non-hydrogen) atoms. The highest BCUT2D eigenvalue weighted by molar-refractivity contribution is 5.79. The van der Waals surface area contributed by atoms with Crippen LogP contribution in [0.4, 0.5) is 5.69 Å². The number of fused-ring (bicyclic) bond motifs is 1. The number of nitrogens with zero attached hydrogens (tertiary/aromatic N) is 2. The van der Waals surface area contributed by atoms with E-state index in [1.165, 1.54) is 11.3 Å². The van der Waals surface area contributed by atoms with Gasteiger partial charge in [-0.1, -0.05) is 18.2 Å². The van der Waals surface area contributed by atoms with Gasteiger partial charge in [-0.05, 0) is 37.8 Å². The van der Waals surface area contributed by atoms with Crippen LogP contribution in [-0.4, -0.2) is 47.6 Å². The molecule has 0 saturated carbocycles. The summed E-state index contributed by atoms with van der Waals surface area (Å²) in [7, 11) is 0. The molecule has 2 heterocycles. The van der Waals surface area contributed by atoms with Gasteiger partial charge in [-0.3, -0.25) is 9.59 Å². The number of carboxylic acid groups (broad SMARTS) is 1. The van der Waals surface area contributed by atoms with Crippen LogP contribution >= 0.6 is 0 Å². The zero-order valence-electron chi connectivity index (χ0n) is 13.6. The van der Waals surface area contributed by atoms with Crippen LogP contribution < -0.4 is 4.90 Å². The van der Waals surface area contributed by atoms with Crippen LogP contribution in [0.15, 0.2) is 24.3 Å². The molecule has 5 nitrogen and oxygen atoms in total. The maximum Gasteiger partial charge on any atom is 0.308 e. The lowest BCUT2D eigenvalue weighted by atomic mass is 9.96. The topological polar surface area (TPSA) is 60.9 Å². The van der Waals surface area contributed by atoms with Gasteiger partial charge in [0.15, 0.2) is 0 Å². The number of likely N-dealkylation sites (tertiary alicyclic amines) is 1. The maximum atomic E-state index is 12.4. The molecule has 1 aromatic carbocycles. The van der Waals surface area contributed by atoms with E-state index in [-0.39, 0.29) is 5.91 Å². The summed E-state index contributed by atoms with van der Waals surface area (Å²) in [6, 6.07) is 8.83. The van der Waals surface area contributed by atoms with Crippen molar-refractivity contribution in [2.24, 2.45) is 5.92 Å². The summed E-state index contributed by atoms with van der Waals surface area (Å²) in [6.45, 7) is 3.84. The Labute approximate surface area is 136 Å². The molecule has 2 aliphatic heterocycles. The molecule has 2 atom stereocenters. The van der Waals surface area contributed by atoms with Gasteiger partial charge >= 0.3 is 5.97 Å². The smallest absolute Gasteiger partial charge is 0.308 e. The molecule has 5 heteroatoms. The second-order valence-corrected chi connectivity index (χ2v) is 6.62. The average molecular weight is 316 g/mol. The summed E-state index contributed by atoms with van der Waals surface area (Å²) in [5.41, 5.74) is 2.59. The molecule has 1 N–H and O–H groups in total. The molecule has 1 amide bonds. The van der Waals surface area contributed by atoms with E-state index in [0.29, 0.717) is 38.5 Å². The first-order valence-corrected chi connectivity index (χ1v) is 8.41. The lowest BCUT2D eigenvalue weighted by Crippen LogP contribution is -2.40. The molecule has 1 fully saturated rings. The van der Waals surface area contributed by atoms with Crippen LogP contribution in [0.25, 0.3) is 0 Å². The molecule has 0 radical (unpaired) electrons. The van der Waals surface area contributed by atoms with Crippen molar-refractivity contribution in [2.75, 3.05) is 24.5 Å². The Morgan fingerprint density at radius 3 is 2.78 bits per heavy atom. The van der Waals surface area contributed by atoms with Gasteiger partial charge in [0.1, 0.15) is 0 Å². The lowest BCUT2D eigenvalue weighted by Gasteiger charge is -2.37. The van der Waals surface area contributed by atoms with Crippen molar-refractivity contribution in [3.63, 3.8) is 0 Å². The molecule has 0 aromatic heterocycles. The molecule has 0 aliphatic carbocycles. The highest BCUT2D eigenvalue weighted by Crippen LogP contribution is 2.30. The Morgan fingerprint density at radius 2 is 2.04 bits per heavy atom. The van der Waals surface area contributed by atoms with Crippen LogP contribution in [0.2, 0.25) is 0 Å². The van der Waals surface area contributed by atoms with Crippen molar-refractivity contribution in [1.82, 2.24) is 4.90 Å². The number of carbonyl (C=O) groups excluding carboxylic acids is 1. The quantitative estimate of drug-likeness (QED) is 0.924. The van der Waals surface area contributed by atoms with Crippen LogP contribution in [0.3, 0.4) is 0 Å². The third kappa shape index (κ3) is 3.33. The standard InChI is InChI=1S/C18H24N2O3/c1-13-6-7-14-4-2-3-5-16(14)20(13)11-9-17(21)19-10-8-15(12-19)18(22)23/h2-5,13,15H,6-12H2,1H3,(H,22,23)/t13-,15-/m0/s1. The Balaban J connectivity index is 1.60. The highest BCUT2D eigenvalue weighted by Gasteiger charge is 2.31. The van der Waals surface area contributed by atoms with E-state index in [4.69, 9.17) is 5.11 Å². The number of aliphatic carboxylic acids is 1. The molecule has 1 saturated heterocycles. The second-order valence-electron chi connectivity index (χ2n) is 6.62. The summed E-state index contributed by atoms with van der Waals surface area (Å²) >= 11 is 0. The SMILES string of the molecule is C[C@H]1CCc2ccccc2N1CCC(=O)N1CC[C@H](C(=O)O)C1. The van der Waals surface area contributed by atoms with Crippen molar-refractivity contribution in [1.29, 1.82) is 0 Å². The summed E-state index contributed by atoms with van der Waals surface area (Å²) < 4.78 is 0. The van der Waals surface area contributed by atoms with E-state index < -0.39 is 11.9 Å². The van der Waals surface area contributed by atoms with Crippen LogP contribution in [0, 0.1) is 5.92 Å². The normalized spacial score (nSPS) is 23.7. The summed E-state index contributed by atoms with van der Waals surface area (Å²) in [4.78, 5) is 27.4. The third-order valence-electron chi connectivity index (χ3n) is 5.12. The first-order valence-electron chi connectivity index (χ1n) is 8.41. The van der Waals surface area contributed by atoms with Gasteiger partial charge in [0, 0.05) is 37.8 Å². The molecule has 0 unspecified atom stereocenters. The Bertz CT molecular complexity index is 602. The van der Waals surface area contributed by atoms with Gasteiger partial charge in [0.05, 0.1) is 5.92 Å². The molecule has 0 spiro atoms. The number of anilines is 1. The number of hydrogen-bond acceptors (Lipinski definition) is 3. The number of carbonyl (C=O) groups is 2. The second kappa shape index (κ2) is 6.60. The number of carboxylic acids is 1. The van der Waals surface area contributed by atoms with Crippen molar-refractivity contribution in [3.8, 4) is 0 Å². The van der Waals surface area contributed by atoms with Gasteiger partial charge < -0.3 is 14.9 Å². The Kier molecular flexibility index (Phi) is 4.55. The van der Waals surface area contributed by atoms with E-state index in [1.807, 2.05) is 6.07 Å². The van der Waals surface area contributed by atoms with E-state index in [9.17, 15) is 9.59 Å². The van der Waals surface area contributed by atoms with Crippen molar-refractivity contribution < 1.29 is 14.7 Å². The Morgan fingerprint density at radius 1 is 1.26 bits per heavy atom. The molecular weight excluding hydrogens is 292 g/mol. The maximum absolute atomic E-state index is 12.4. The fourth-order valence-electron chi connectivity index (χ4n) is 3.66. The zero-order valence-corrected chi connectivity index (χ0v) is 13.6. The van der Waals surface area contributed by atoms with Crippen molar-refractivity contribution >= 4 is 17.6 Å². The third-order valence-corrected chi connectivity index (χ3v) is 5.12. The lowest BCUT2D eigenvalue weighted by molar-refractivity contribution is -0.141. The van der Waals surface area contributed by atoms with E-state index in [0.717, 1.165) is 12.8 Å². The molecule has 2 aliphatic rings. The van der Waals surface area contributed by atoms with Gasteiger partial charge in [-0.25, -0.2) is 0 Å². The van der Waals surface area contributed by atoms with Crippen LogP contribution in [0.1, 0.15) is 31.7 Å². The summed E-state index contributed by atoms with van der Waals surface area (Å²) in [5, 5.41) is 9.04. The first-order chi connectivity index (χ1) is 11.1. The Hall–Kier alpha value is -2.04. The van der Waals surface area contributed by atoms with E-state index in [2.05, 4.69) is 30.0 Å². The van der Waals surface area contributed by atoms with E-state index in [1.54, 1.807) is 4.90 Å². The molecule has 1 aromatic rings. The number of aryl methyl sites for hydroxylation is 1. The minimum atomic E-state index is -0.793. The minimum Gasteiger partial charge on any atom is -0.481 e. The molecule has 124 valence electrons. The number of benzene rings is 1. The predicted molar refractivity (Wildman–Crippen MR) is 88.5 cm³/mol. The number of amides is 1. The van der Waals surface area contributed by atoms with Crippen molar-refractivity contribution in [2.45, 2.75) is 38.6 Å². The van der Waals surface area contributed by atoms with Gasteiger partial charge in [0.2, 0.25) is 5.91 Å². The summed E-state index contributed by atoms with van der Waals surface area (Å²) in [6.07, 6.45) is 3.22. The average Bonchev–Trinajstić information content (AvgIpc) is 3.04. The van der Waals surface area contributed by atoms with Crippen LogP contribution in [0.5, 0.6) is 0 Å². The van der Waals surface area contributed by atoms with Crippen LogP contribution in [-0.2, 0) is 16.0 Å². The molecular formula is C18H24N2O3. The van der Waals surface area contributed by atoms with E-state index >= 15 is 0 Å². The fraction of sp³-hybridized carbons (Fsp3) is 0.556. The predicted octanol–water partition coefficient (Wildman–Crippen LogP) is 2.15. The highest BCUT2D eigenvalue weighted by atomic mass is 16.4. The number of rotatable bonds is 4. The van der Waals surface area contributed by atoms with Gasteiger partial charge in [-0.15, -0.1) is 0 Å². The zero-order chi connectivity index (χ0) is 16.4. The van der Waals surface area contributed by atoms with Gasteiger partial charge in [0.25, 0.3) is 0 Å².